The average molecular weight is 590 g/mol. The van der Waals surface area contributed by atoms with Crippen LogP contribution in [0.4, 0.5) is 18.0 Å². The number of alkyl halides is 3. The molecule has 1 N–H and O–H groups in total. The molecular weight excluding hydrogens is 547 g/mol. The van der Waals surface area contributed by atoms with E-state index in [1.54, 1.807) is 11.9 Å². The fraction of sp³-hybridized carbons (Fsp3) is 0.714. The molecule has 4 atom stereocenters. The van der Waals surface area contributed by atoms with Crippen molar-refractivity contribution in [3.05, 3.63) is 29.8 Å². The summed E-state index contributed by atoms with van der Waals surface area (Å²) in [4.78, 5) is 28.2. The van der Waals surface area contributed by atoms with E-state index in [-0.39, 0.29) is 52.6 Å². The molecule has 12 heteroatoms. The van der Waals surface area contributed by atoms with Crippen LogP contribution in [0.15, 0.2) is 29.2 Å². The molecule has 3 rings (SSSR count). The first-order valence-electron chi connectivity index (χ1n) is 13.5. The van der Waals surface area contributed by atoms with Gasteiger partial charge in [0.2, 0.25) is 15.9 Å². The van der Waals surface area contributed by atoms with Gasteiger partial charge in [-0.2, -0.15) is 17.5 Å². The Kier molecular flexibility index (Phi) is 8.97. The third-order valence-electron chi connectivity index (χ3n) is 8.26. The molecule has 0 radical (unpaired) electrons. The molecule has 226 valence electrons. The highest BCUT2D eigenvalue weighted by Gasteiger charge is 2.49. The Morgan fingerprint density at radius 2 is 1.60 bits per heavy atom. The quantitative estimate of drug-likeness (QED) is 0.438. The van der Waals surface area contributed by atoms with E-state index >= 15 is 0 Å². The van der Waals surface area contributed by atoms with Crippen molar-refractivity contribution < 1.29 is 36.3 Å². The number of benzene rings is 1. The van der Waals surface area contributed by atoms with Crippen molar-refractivity contribution in [3.63, 3.8) is 0 Å². The lowest BCUT2D eigenvalue weighted by molar-refractivity contribution is -0.139. The standard InChI is InChI=1S/C28H42F3N3O5S/c1-26(2,3)17-27(4,5)14-23(33(7)25(36)37)24(35)32(6)22-13-8-18-15-34(16-21(18)22)40(38,39)20-11-9-19(10-12-20)28(29,30)31/h9-12,18,21-23H,8,13-17H2,1-7H3,(H,36,37)/t18-,21+,22+,23+/m1/s1. The predicted molar refractivity (Wildman–Crippen MR) is 145 cm³/mol. The van der Waals surface area contributed by atoms with Gasteiger partial charge in [0.1, 0.15) is 6.04 Å². The summed E-state index contributed by atoms with van der Waals surface area (Å²) in [6, 6.07) is 2.31. The summed E-state index contributed by atoms with van der Waals surface area (Å²) >= 11 is 0. The number of carboxylic acid groups (broad SMARTS) is 1. The topological polar surface area (TPSA) is 98.2 Å². The van der Waals surface area contributed by atoms with Gasteiger partial charge >= 0.3 is 12.3 Å². The number of hydrogen-bond acceptors (Lipinski definition) is 4. The zero-order chi connectivity index (χ0) is 30.4. The Balaban J connectivity index is 1.78. The Morgan fingerprint density at radius 3 is 2.10 bits per heavy atom. The zero-order valence-electron chi connectivity index (χ0n) is 24.3. The summed E-state index contributed by atoms with van der Waals surface area (Å²) in [6.07, 6.45) is -3.28. The third kappa shape index (κ3) is 7.10. The summed E-state index contributed by atoms with van der Waals surface area (Å²) in [5.74, 6) is -0.476. The lowest BCUT2D eigenvalue weighted by Crippen LogP contribution is -2.53. The molecule has 2 fully saturated rings. The summed E-state index contributed by atoms with van der Waals surface area (Å²) in [5, 5.41) is 9.74. The minimum Gasteiger partial charge on any atom is -0.465 e. The van der Waals surface area contributed by atoms with Crippen LogP contribution in [0, 0.1) is 22.7 Å². The highest BCUT2D eigenvalue weighted by atomic mass is 32.2. The van der Waals surface area contributed by atoms with Crippen LogP contribution in [-0.2, 0) is 21.0 Å². The average Bonchev–Trinajstić information content (AvgIpc) is 3.41. The molecule has 8 nitrogen and oxygen atoms in total. The van der Waals surface area contributed by atoms with E-state index in [0.717, 1.165) is 35.6 Å². The molecule has 1 aliphatic heterocycles. The van der Waals surface area contributed by atoms with Gasteiger partial charge in [-0.3, -0.25) is 9.69 Å². The third-order valence-corrected chi connectivity index (χ3v) is 10.1. The molecule has 1 aromatic carbocycles. The van der Waals surface area contributed by atoms with Crippen molar-refractivity contribution >= 4 is 22.0 Å². The molecule has 0 spiro atoms. The van der Waals surface area contributed by atoms with Crippen LogP contribution in [0.2, 0.25) is 0 Å². The monoisotopic (exact) mass is 589 g/mol. The maximum atomic E-state index is 13.8. The summed E-state index contributed by atoms with van der Waals surface area (Å²) in [7, 11) is -0.964. The van der Waals surface area contributed by atoms with Gasteiger partial charge in [-0.1, -0.05) is 34.6 Å². The number of carbonyl (C=O) groups is 2. The van der Waals surface area contributed by atoms with Gasteiger partial charge in [0.05, 0.1) is 10.5 Å². The van der Waals surface area contributed by atoms with Crippen LogP contribution in [0.1, 0.15) is 65.9 Å². The number of rotatable bonds is 8. The Hall–Kier alpha value is -2.34. The van der Waals surface area contributed by atoms with Crippen molar-refractivity contribution in [2.24, 2.45) is 22.7 Å². The Labute approximate surface area is 235 Å². The molecule has 2 amide bonds. The molecular formula is C28H42F3N3O5S. The second-order valence-electron chi connectivity index (χ2n) is 13.4. The summed E-state index contributed by atoms with van der Waals surface area (Å²) in [6.45, 7) is 10.7. The van der Waals surface area contributed by atoms with Gasteiger partial charge in [0.15, 0.2) is 0 Å². The van der Waals surface area contributed by atoms with Crippen LogP contribution in [0.5, 0.6) is 0 Å². The molecule has 1 saturated heterocycles. The molecule has 2 aliphatic rings. The number of halogens is 3. The van der Waals surface area contributed by atoms with Crippen molar-refractivity contribution in [1.29, 1.82) is 0 Å². The van der Waals surface area contributed by atoms with E-state index < -0.39 is 33.9 Å². The van der Waals surface area contributed by atoms with Gasteiger partial charge in [0, 0.05) is 33.2 Å². The second-order valence-corrected chi connectivity index (χ2v) is 15.3. The fourth-order valence-corrected chi connectivity index (χ4v) is 8.33. The van der Waals surface area contributed by atoms with Crippen LogP contribution in [0.25, 0.3) is 0 Å². The smallest absolute Gasteiger partial charge is 0.416 e. The zero-order valence-corrected chi connectivity index (χ0v) is 25.1. The fourth-order valence-electron chi connectivity index (χ4n) is 6.79. The molecule has 1 heterocycles. The molecule has 40 heavy (non-hydrogen) atoms. The number of amides is 2. The minimum absolute atomic E-state index is 0.00235. The van der Waals surface area contributed by atoms with E-state index in [2.05, 4.69) is 20.8 Å². The van der Waals surface area contributed by atoms with Gasteiger partial charge in [-0.05, 0) is 72.6 Å². The molecule has 1 aromatic rings. The summed E-state index contributed by atoms with van der Waals surface area (Å²) < 4.78 is 66.7. The number of fused-ring (bicyclic) bond motifs is 1. The van der Waals surface area contributed by atoms with Gasteiger partial charge < -0.3 is 10.0 Å². The minimum atomic E-state index is -4.56. The largest absolute Gasteiger partial charge is 0.465 e. The van der Waals surface area contributed by atoms with Crippen LogP contribution >= 0.6 is 0 Å². The second kappa shape index (κ2) is 11.2. The molecule has 1 aliphatic carbocycles. The van der Waals surface area contributed by atoms with Crippen molar-refractivity contribution in [3.8, 4) is 0 Å². The van der Waals surface area contributed by atoms with Gasteiger partial charge in [-0.15, -0.1) is 0 Å². The molecule has 0 unspecified atom stereocenters. The van der Waals surface area contributed by atoms with Crippen molar-refractivity contribution in [2.75, 3.05) is 27.2 Å². The SMILES string of the molecule is CN(C(=O)O)[C@@H](CC(C)(C)CC(C)(C)C)C(=O)N(C)[C@H]1CC[C@@H]2CN(S(=O)(=O)c3ccc(C(F)(F)F)cc3)C[C@@H]21. The first-order chi connectivity index (χ1) is 18.1. The van der Waals surface area contributed by atoms with Crippen LogP contribution in [-0.4, -0.2) is 78.9 Å². The normalized spacial score (nSPS) is 23.1. The maximum Gasteiger partial charge on any atom is 0.416 e. The lowest BCUT2D eigenvalue weighted by atomic mass is 9.72. The number of sulfonamides is 1. The molecule has 0 aromatic heterocycles. The number of carbonyl (C=O) groups excluding carboxylic acids is 1. The maximum absolute atomic E-state index is 13.8. The van der Waals surface area contributed by atoms with Crippen molar-refractivity contribution in [1.82, 2.24) is 14.1 Å². The predicted octanol–water partition coefficient (Wildman–Crippen LogP) is 5.39. The Bertz CT molecular complexity index is 1200. The lowest BCUT2D eigenvalue weighted by Gasteiger charge is -2.40. The van der Waals surface area contributed by atoms with Crippen LogP contribution in [0.3, 0.4) is 0 Å². The first kappa shape index (κ1) is 32.2. The van der Waals surface area contributed by atoms with E-state index in [4.69, 9.17) is 0 Å². The van der Waals surface area contributed by atoms with Crippen molar-refractivity contribution in [2.45, 2.75) is 83.5 Å². The van der Waals surface area contributed by atoms with E-state index in [0.29, 0.717) is 19.3 Å². The van der Waals surface area contributed by atoms with Crippen LogP contribution < -0.4 is 0 Å². The van der Waals surface area contributed by atoms with E-state index in [9.17, 15) is 36.3 Å². The van der Waals surface area contributed by atoms with Gasteiger partial charge in [-0.25, -0.2) is 13.2 Å². The first-order valence-corrected chi connectivity index (χ1v) is 15.0. The van der Waals surface area contributed by atoms with E-state index in [1.807, 2.05) is 13.8 Å². The number of nitrogens with zero attached hydrogens (tertiary/aromatic N) is 3. The summed E-state index contributed by atoms with van der Waals surface area (Å²) in [5.41, 5.74) is -1.26. The van der Waals surface area contributed by atoms with E-state index in [1.165, 1.54) is 11.4 Å². The molecule has 1 saturated carbocycles. The number of hydrogen-bond donors (Lipinski definition) is 1. The number of likely N-dealkylation sites (N-methyl/N-ethyl adjacent to an activating group) is 2. The molecule has 0 bridgehead atoms. The Morgan fingerprint density at radius 1 is 1.02 bits per heavy atom. The highest BCUT2D eigenvalue weighted by molar-refractivity contribution is 7.89. The highest BCUT2D eigenvalue weighted by Crippen LogP contribution is 2.43. The van der Waals surface area contributed by atoms with Gasteiger partial charge in [0.25, 0.3) is 0 Å².